The van der Waals surface area contributed by atoms with Crippen molar-refractivity contribution in [3.63, 3.8) is 0 Å². The molecule has 0 aliphatic rings. The summed E-state index contributed by atoms with van der Waals surface area (Å²) in [6.07, 6.45) is 1.66. The van der Waals surface area contributed by atoms with E-state index in [1.165, 1.54) is 0 Å². The first-order valence-corrected chi connectivity index (χ1v) is 7.15. The number of ether oxygens (including phenoxy) is 2. The summed E-state index contributed by atoms with van der Waals surface area (Å²) in [6, 6.07) is 5.53. The average molecular weight is 310 g/mol. The number of benzene rings is 1. The van der Waals surface area contributed by atoms with Crippen LogP contribution in [0.1, 0.15) is 24.2 Å². The Hall–Kier alpha value is -1.72. The van der Waals surface area contributed by atoms with Gasteiger partial charge in [0.15, 0.2) is 0 Å². The van der Waals surface area contributed by atoms with Gasteiger partial charge < -0.3 is 14.8 Å². The third-order valence-corrected chi connectivity index (χ3v) is 3.74. The number of hydrogen-bond acceptors (Lipinski definition) is 4. The summed E-state index contributed by atoms with van der Waals surface area (Å²) in [7, 11) is 5.16. The molecule has 0 radical (unpaired) electrons. The lowest BCUT2D eigenvalue weighted by atomic mass is 10.0. The molecular formula is C15H20ClN3O2. The normalized spacial score (nSPS) is 12.2. The fraction of sp³-hybridized carbons (Fsp3) is 0.400. The van der Waals surface area contributed by atoms with Crippen LogP contribution in [0.3, 0.4) is 0 Å². The maximum Gasteiger partial charge on any atom is 0.127 e. The summed E-state index contributed by atoms with van der Waals surface area (Å²) in [5.74, 6) is 1.49. The first-order chi connectivity index (χ1) is 10.2. The highest BCUT2D eigenvalue weighted by atomic mass is 35.5. The Morgan fingerprint density at radius 3 is 2.38 bits per heavy atom. The lowest BCUT2D eigenvalue weighted by Gasteiger charge is -2.23. The molecule has 1 aromatic carbocycles. The van der Waals surface area contributed by atoms with Gasteiger partial charge in [-0.1, -0.05) is 17.7 Å². The number of methoxy groups -OCH3 is 2. The van der Waals surface area contributed by atoms with Crippen LogP contribution in [0.4, 0.5) is 0 Å². The molecule has 1 N–H and O–H groups in total. The quantitative estimate of drug-likeness (QED) is 0.891. The molecule has 0 fully saturated rings. The van der Waals surface area contributed by atoms with E-state index in [1.54, 1.807) is 20.4 Å². The number of aryl methyl sites for hydroxylation is 1. The van der Waals surface area contributed by atoms with Crippen LogP contribution in [-0.4, -0.2) is 31.0 Å². The van der Waals surface area contributed by atoms with Crippen LogP contribution in [0, 0.1) is 0 Å². The number of nitrogens with zero attached hydrogens (tertiary/aromatic N) is 2. The second-order valence-corrected chi connectivity index (χ2v) is 4.90. The largest absolute Gasteiger partial charge is 0.496 e. The average Bonchev–Trinajstić information content (AvgIpc) is 2.89. The first-order valence-electron chi connectivity index (χ1n) is 6.77. The molecule has 1 unspecified atom stereocenters. The van der Waals surface area contributed by atoms with Crippen molar-refractivity contribution in [3.8, 4) is 11.5 Å². The number of aromatic nitrogens is 2. The SMILES string of the molecule is CCn1ncc(Cl)c1C(NC)c1c(OC)cccc1OC. The Kier molecular flexibility index (Phi) is 5.09. The second-order valence-electron chi connectivity index (χ2n) is 4.49. The van der Waals surface area contributed by atoms with E-state index in [0.29, 0.717) is 5.02 Å². The Balaban J connectivity index is 2.64. The molecular weight excluding hydrogens is 290 g/mol. The van der Waals surface area contributed by atoms with Gasteiger partial charge in [0.25, 0.3) is 0 Å². The first kappa shape index (κ1) is 15.7. The van der Waals surface area contributed by atoms with E-state index in [-0.39, 0.29) is 6.04 Å². The molecule has 0 saturated carbocycles. The smallest absolute Gasteiger partial charge is 0.127 e. The van der Waals surface area contributed by atoms with Crippen molar-refractivity contribution in [1.29, 1.82) is 0 Å². The van der Waals surface area contributed by atoms with Gasteiger partial charge >= 0.3 is 0 Å². The van der Waals surface area contributed by atoms with Crippen LogP contribution >= 0.6 is 11.6 Å². The van der Waals surface area contributed by atoms with Gasteiger partial charge in [-0.15, -0.1) is 0 Å². The van der Waals surface area contributed by atoms with Crippen molar-refractivity contribution in [2.24, 2.45) is 0 Å². The maximum absolute atomic E-state index is 6.33. The molecule has 0 spiro atoms. The number of rotatable bonds is 6. The van der Waals surface area contributed by atoms with Crippen LogP contribution in [0.25, 0.3) is 0 Å². The van der Waals surface area contributed by atoms with Gasteiger partial charge in [-0.2, -0.15) is 5.10 Å². The van der Waals surface area contributed by atoms with E-state index in [4.69, 9.17) is 21.1 Å². The van der Waals surface area contributed by atoms with Gasteiger partial charge in [0, 0.05) is 6.54 Å². The van der Waals surface area contributed by atoms with Crippen molar-refractivity contribution < 1.29 is 9.47 Å². The highest BCUT2D eigenvalue weighted by molar-refractivity contribution is 6.31. The molecule has 0 aliphatic carbocycles. The van der Waals surface area contributed by atoms with Crippen LogP contribution in [-0.2, 0) is 6.54 Å². The van der Waals surface area contributed by atoms with Gasteiger partial charge in [0.2, 0.25) is 0 Å². The molecule has 0 amide bonds. The highest BCUT2D eigenvalue weighted by Crippen LogP contribution is 2.39. The van der Waals surface area contributed by atoms with E-state index >= 15 is 0 Å². The van der Waals surface area contributed by atoms with Crippen LogP contribution in [0.15, 0.2) is 24.4 Å². The Morgan fingerprint density at radius 2 is 1.90 bits per heavy atom. The summed E-state index contributed by atoms with van der Waals surface area (Å²) in [5.41, 5.74) is 1.80. The molecule has 6 heteroatoms. The van der Waals surface area contributed by atoms with E-state index in [1.807, 2.05) is 36.9 Å². The summed E-state index contributed by atoms with van der Waals surface area (Å²) < 4.78 is 12.8. The number of hydrogen-bond donors (Lipinski definition) is 1. The predicted molar refractivity (Wildman–Crippen MR) is 83.4 cm³/mol. The van der Waals surface area contributed by atoms with Crippen molar-refractivity contribution in [1.82, 2.24) is 15.1 Å². The molecule has 2 rings (SSSR count). The van der Waals surface area contributed by atoms with Gasteiger partial charge in [-0.05, 0) is 26.1 Å². The van der Waals surface area contributed by atoms with E-state index in [0.717, 1.165) is 29.3 Å². The fourth-order valence-corrected chi connectivity index (χ4v) is 2.74. The highest BCUT2D eigenvalue weighted by Gasteiger charge is 2.26. The molecule has 1 heterocycles. The zero-order valence-electron chi connectivity index (χ0n) is 12.7. The third-order valence-electron chi connectivity index (χ3n) is 3.45. The fourth-order valence-electron chi connectivity index (χ4n) is 2.49. The molecule has 2 aromatic rings. The van der Waals surface area contributed by atoms with Crippen molar-refractivity contribution >= 4 is 11.6 Å². The molecule has 21 heavy (non-hydrogen) atoms. The summed E-state index contributed by atoms with van der Waals surface area (Å²) in [5, 5.41) is 8.20. The van der Waals surface area contributed by atoms with Crippen LogP contribution < -0.4 is 14.8 Å². The summed E-state index contributed by atoms with van der Waals surface area (Å²) in [4.78, 5) is 0. The van der Waals surface area contributed by atoms with Gasteiger partial charge in [-0.25, -0.2) is 0 Å². The van der Waals surface area contributed by atoms with Gasteiger partial charge in [0.05, 0.1) is 42.7 Å². The predicted octanol–water partition coefficient (Wildman–Crippen LogP) is 2.88. The maximum atomic E-state index is 6.33. The third kappa shape index (κ3) is 2.84. The molecule has 0 aliphatic heterocycles. The van der Waals surface area contributed by atoms with Crippen LogP contribution in [0.5, 0.6) is 11.5 Å². The van der Waals surface area contributed by atoms with Crippen molar-refractivity contribution in [2.45, 2.75) is 19.5 Å². The van der Waals surface area contributed by atoms with E-state index in [9.17, 15) is 0 Å². The zero-order chi connectivity index (χ0) is 15.4. The number of nitrogens with one attached hydrogen (secondary N) is 1. The summed E-state index contributed by atoms with van der Waals surface area (Å²) >= 11 is 6.33. The van der Waals surface area contributed by atoms with Gasteiger partial charge in [-0.3, -0.25) is 4.68 Å². The minimum Gasteiger partial charge on any atom is -0.496 e. The molecule has 0 saturated heterocycles. The Morgan fingerprint density at radius 1 is 1.29 bits per heavy atom. The molecule has 114 valence electrons. The van der Waals surface area contributed by atoms with E-state index < -0.39 is 0 Å². The van der Waals surface area contributed by atoms with E-state index in [2.05, 4.69) is 10.4 Å². The molecule has 1 aromatic heterocycles. The van der Waals surface area contributed by atoms with Crippen molar-refractivity contribution in [3.05, 3.63) is 40.7 Å². The Labute approximate surface area is 129 Å². The molecule has 5 nitrogen and oxygen atoms in total. The lowest BCUT2D eigenvalue weighted by molar-refractivity contribution is 0.376. The lowest BCUT2D eigenvalue weighted by Crippen LogP contribution is -2.23. The molecule has 1 atom stereocenters. The molecule has 0 bridgehead atoms. The van der Waals surface area contributed by atoms with Crippen molar-refractivity contribution in [2.75, 3.05) is 21.3 Å². The zero-order valence-corrected chi connectivity index (χ0v) is 13.4. The van der Waals surface area contributed by atoms with Crippen LogP contribution in [0.2, 0.25) is 5.02 Å². The van der Waals surface area contributed by atoms with Gasteiger partial charge in [0.1, 0.15) is 11.5 Å². The number of halogens is 1. The monoisotopic (exact) mass is 309 g/mol. The summed E-state index contributed by atoms with van der Waals surface area (Å²) in [6.45, 7) is 2.76. The standard InChI is InChI=1S/C15H20ClN3O2/c1-5-19-15(10(16)9-18-19)14(17-2)13-11(20-3)7-6-8-12(13)21-4/h6-9,14,17H,5H2,1-4H3. The second kappa shape index (κ2) is 6.83. The topological polar surface area (TPSA) is 48.3 Å². The Bertz CT molecular complexity index is 591. The minimum atomic E-state index is -0.175. The minimum absolute atomic E-state index is 0.175.